The first-order valence-electron chi connectivity index (χ1n) is 6.05. The van der Waals surface area contributed by atoms with Crippen LogP contribution < -0.4 is 10.7 Å². The van der Waals surface area contributed by atoms with Gasteiger partial charge < -0.3 is 19.2 Å². The number of para-hydroxylation sites is 1. The van der Waals surface area contributed by atoms with Crippen molar-refractivity contribution in [1.82, 2.24) is 4.98 Å². The van der Waals surface area contributed by atoms with Crippen LogP contribution >= 0.6 is 0 Å². The average molecular weight is 272 g/mol. The molecule has 2 aromatic heterocycles. The molecule has 2 heterocycles. The van der Waals surface area contributed by atoms with Crippen molar-refractivity contribution in [3.8, 4) is 5.75 Å². The molecule has 1 aromatic carbocycles. The Morgan fingerprint density at radius 2 is 2.15 bits per heavy atom. The van der Waals surface area contributed by atoms with Gasteiger partial charge in [-0.3, -0.25) is 4.79 Å². The number of carbonyl (C=O) groups excluding carboxylic acids is 1. The minimum absolute atomic E-state index is 0.0474. The lowest BCUT2D eigenvalue weighted by Gasteiger charge is -2.11. The Morgan fingerprint density at radius 3 is 2.90 bits per heavy atom. The zero-order valence-corrected chi connectivity index (χ0v) is 10.6. The Morgan fingerprint density at radius 1 is 1.40 bits per heavy atom. The van der Waals surface area contributed by atoms with Crippen molar-refractivity contribution in [2.45, 2.75) is 6.92 Å². The number of nitrogens with one attached hydrogen (secondary N) is 1. The third-order valence-electron chi connectivity index (χ3n) is 2.97. The number of H-pyrrole nitrogens is 1. The molecule has 0 saturated heterocycles. The Hall–Kier alpha value is -2.76. The summed E-state index contributed by atoms with van der Waals surface area (Å²) >= 11 is 0. The summed E-state index contributed by atoms with van der Waals surface area (Å²) in [5.74, 6) is -1.69. The lowest BCUT2D eigenvalue weighted by atomic mass is 10.2. The van der Waals surface area contributed by atoms with Crippen LogP contribution in [0.2, 0.25) is 0 Å². The van der Waals surface area contributed by atoms with Gasteiger partial charge in [0.05, 0.1) is 12.1 Å². The van der Waals surface area contributed by atoms with Gasteiger partial charge in [-0.2, -0.15) is 0 Å². The van der Waals surface area contributed by atoms with E-state index in [9.17, 15) is 14.7 Å². The fraction of sp³-hybridized carbons (Fsp3) is 0.143. The zero-order chi connectivity index (χ0) is 14.3. The molecule has 0 spiro atoms. The summed E-state index contributed by atoms with van der Waals surface area (Å²) in [4.78, 5) is 26.1. The molecule has 0 aliphatic carbocycles. The number of pyridine rings is 1. The van der Waals surface area contributed by atoms with Crippen LogP contribution in [0.25, 0.3) is 22.1 Å². The van der Waals surface area contributed by atoms with E-state index in [0.717, 1.165) is 0 Å². The van der Waals surface area contributed by atoms with Gasteiger partial charge in [0.25, 0.3) is 5.56 Å². The van der Waals surface area contributed by atoms with Crippen LogP contribution in [-0.4, -0.2) is 17.6 Å². The molecule has 0 unspecified atom stereocenters. The predicted molar refractivity (Wildman–Crippen MR) is 69.7 cm³/mol. The number of aromatic nitrogens is 1. The van der Waals surface area contributed by atoms with Gasteiger partial charge in [0.2, 0.25) is 0 Å². The molecule has 0 fully saturated rings. The van der Waals surface area contributed by atoms with Gasteiger partial charge in [-0.25, -0.2) is 4.79 Å². The number of hydrogen-bond donors (Lipinski definition) is 1. The Labute approximate surface area is 112 Å². The predicted octanol–water partition coefficient (Wildman–Crippen LogP) is 1.52. The molecular weight excluding hydrogens is 262 g/mol. The Kier molecular flexibility index (Phi) is 2.71. The van der Waals surface area contributed by atoms with Crippen molar-refractivity contribution < 1.29 is 19.1 Å². The number of fused-ring (bicyclic) bond motifs is 3. The zero-order valence-electron chi connectivity index (χ0n) is 10.6. The summed E-state index contributed by atoms with van der Waals surface area (Å²) in [6.07, 6.45) is 0. The average Bonchev–Trinajstić information content (AvgIpc) is 2.78. The SMILES string of the molecule is CCOC(=O)c1c([O-])c2oc3ccccc3c2[nH]c1=O. The third kappa shape index (κ3) is 1.65. The van der Waals surface area contributed by atoms with Crippen LogP contribution in [0.4, 0.5) is 0 Å². The second-order valence-electron chi connectivity index (χ2n) is 4.18. The number of esters is 1. The minimum atomic E-state index is -0.943. The Bertz CT molecular complexity index is 874. The fourth-order valence-electron chi connectivity index (χ4n) is 2.11. The summed E-state index contributed by atoms with van der Waals surface area (Å²) in [6, 6.07) is 6.91. The number of benzene rings is 1. The van der Waals surface area contributed by atoms with E-state index in [4.69, 9.17) is 9.15 Å². The van der Waals surface area contributed by atoms with Gasteiger partial charge in [-0.05, 0) is 24.8 Å². The van der Waals surface area contributed by atoms with Crippen molar-refractivity contribution in [3.05, 3.63) is 40.2 Å². The van der Waals surface area contributed by atoms with E-state index in [1.54, 1.807) is 31.2 Å². The minimum Gasteiger partial charge on any atom is -0.869 e. The van der Waals surface area contributed by atoms with Crippen LogP contribution in [0.3, 0.4) is 0 Å². The summed E-state index contributed by atoms with van der Waals surface area (Å²) in [6.45, 7) is 1.67. The number of ether oxygens (including phenoxy) is 1. The fourth-order valence-corrected chi connectivity index (χ4v) is 2.11. The number of aromatic amines is 1. The molecule has 0 aliphatic rings. The van der Waals surface area contributed by atoms with Gasteiger partial charge in [0.15, 0.2) is 0 Å². The summed E-state index contributed by atoms with van der Waals surface area (Å²) < 4.78 is 10.1. The van der Waals surface area contributed by atoms with Gasteiger partial charge in [0, 0.05) is 5.39 Å². The normalized spacial score (nSPS) is 11.1. The van der Waals surface area contributed by atoms with Crippen LogP contribution in [0.5, 0.6) is 5.75 Å². The van der Waals surface area contributed by atoms with Gasteiger partial charge in [0.1, 0.15) is 16.7 Å². The highest BCUT2D eigenvalue weighted by atomic mass is 16.5. The van der Waals surface area contributed by atoms with E-state index in [-0.39, 0.29) is 12.2 Å². The second-order valence-corrected chi connectivity index (χ2v) is 4.18. The standard InChI is InChI=1S/C14H11NO5/c1-2-19-14(18)9-11(16)12-10(15-13(9)17)7-5-3-4-6-8(7)20-12/h3-6H,2H2,1H3,(H2,15,16,17)/p-1. The molecule has 102 valence electrons. The third-order valence-corrected chi connectivity index (χ3v) is 2.97. The molecule has 0 bridgehead atoms. The first-order valence-corrected chi connectivity index (χ1v) is 6.05. The number of hydrogen-bond acceptors (Lipinski definition) is 5. The smallest absolute Gasteiger partial charge is 0.343 e. The van der Waals surface area contributed by atoms with Gasteiger partial charge in [-0.15, -0.1) is 0 Å². The molecule has 0 amide bonds. The molecule has 6 nitrogen and oxygen atoms in total. The molecule has 0 atom stereocenters. The van der Waals surface area contributed by atoms with Crippen molar-refractivity contribution >= 4 is 28.0 Å². The Balaban J connectivity index is 2.38. The largest absolute Gasteiger partial charge is 0.869 e. The molecule has 20 heavy (non-hydrogen) atoms. The maximum absolute atomic E-state index is 12.2. The topological polar surface area (TPSA) is 95.4 Å². The maximum atomic E-state index is 12.2. The van der Waals surface area contributed by atoms with E-state index in [2.05, 4.69) is 4.98 Å². The van der Waals surface area contributed by atoms with E-state index < -0.39 is 22.8 Å². The maximum Gasteiger partial charge on any atom is 0.343 e. The number of rotatable bonds is 2. The molecular formula is C14H10NO5-. The van der Waals surface area contributed by atoms with E-state index >= 15 is 0 Å². The van der Waals surface area contributed by atoms with Crippen molar-refractivity contribution in [2.75, 3.05) is 6.61 Å². The molecule has 1 N–H and O–H groups in total. The van der Waals surface area contributed by atoms with Gasteiger partial charge >= 0.3 is 5.97 Å². The summed E-state index contributed by atoms with van der Waals surface area (Å²) in [5.41, 5.74) is -0.611. The highest BCUT2D eigenvalue weighted by Gasteiger charge is 2.18. The molecule has 0 radical (unpaired) electrons. The van der Waals surface area contributed by atoms with E-state index in [1.807, 2.05) is 0 Å². The lowest BCUT2D eigenvalue weighted by Crippen LogP contribution is -2.22. The summed E-state index contributed by atoms with van der Waals surface area (Å²) in [5, 5.41) is 12.8. The summed E-state index contributed by atoms with van der Waals surface area (Å²) in [7, 11) is 0. The van der Waals surface area contributed by atoms with Crippen molar-refractivity contribution in [3.63, 3.8) is 0 Å². The molecule has 0 saturated carbocycles. The first-order chi connectivity index (χ1) is 9.63. The second kappa shape index (κ2) is 4.41. The van der Waals surface area contributed by atoms with Crippen LogP contribution in [-0.2, 0) is 4.74 Å². The number of furan rings is 1. The van der Waals surface area contributed by atoms with E-state index in [1.165, 1.54) is 0 Å². The highest BCUT2D eigenvalue weighted by molar-refractivity contribution is 6.07. The van der Waals surface area contributed by atoms with Gasteiger partial charge in [-0.1, -0.05) is 12.1 Å². The van der Waals surface area contributed by atoms with Crippen LogP contribution in [0, 0.1) is 0 Å². The van der Waals surface area contributed by atoms with Crippen molar-refractivity contribution in [1.29, 1.82) is 0 Å². The molecule has 3 rings (SSSR count). The molecule has 0 aliphatic heterocycles. The lowest BCUT2D eigenvalue weighted by molar-refractivity contribution is -0.267. The van der Waals surface area contributed by atoms with Crippen LogP contribution in [0.1, 0.15) is 17.3 Å². The molecule has 6 heteroatoms. The van der Waals surface area contributed by atoms with Crippen LogP contribution in [0.15, 0.2) is 33.5 Å². The van der Waals surface area contributed by atoms with E-state index in [0.29, 0.717) is 16.5 Å². The first kappa shape index (κ1) is 12.3. The number of carbonyl (C=O) groups is 1. The van der Waals surface area contributed by atoms with Crippen molar-refractivity contribution in [2.24, 2.45) is 0 Å². The molecule has 3 aromatic rings. The highest BCUT2D eigenvalue weighted by Crippen LogP contribution is 2.31. The quantitative estimate of drug-likeness (QED) is 0.713. The monoisotopic (exact) mass is 272 g/mol.